The van der Waals surface area contributed by atoms with Crippen LogP contribution in [0.5, 0.6) is 0 Å². The molecule has 0 atom stereocenters. The summed E-state index contributed by atoms with van der Waals surface area (Å²) in [5, 5.41) is 5.52. The van der Waals surface area contributed by atoms with E-state index >= 15 is 0 Å². The first kappa shape index (κ1) is 13.5. The van der Waals surface area contributed by atoms with Gasteiger partial charge in [-0.05, 0) is 31.2 Å². The minimum Gasteiger partial charge on any atom is -0.370 e. The topological polar surface area (TPSA) is 135 Å². The van der Waals surface area contributed by atoms with Crippen LogP contribution in [0.3, 0.4) is 0 Å². The second kappa shape index (κ2) is 5.39. The molecule has 2 rings (SSSR count). The number of anilines is 1. The van der Waals surface area contributed by atoms with Gasteiger partial charge in [0, 0.05) is 5.71 Å². The lowest BCUT2D eigenvalue weighted by Gasteiger charge is -2.11. The molecule has 1 amide bonds. The van der Waals surface area contributed by atoms with Gasteiger partial charge in [0.2, 0.25) is 5.96 Å². The lowest BCUT2D eigenvalue weighted by Crippen LogP contribution is -2.26. The van der Waals surface area contributed by atoms with Crippen LogP contribution in [0.4, 0.5) is 11.4 Å². The van der Waals surface area contributed by atoms with Gasteiger partial charge in [-0.3, -0.25) is 4.79 Å². The van der Waals surface area contributed by atoms with Crippen molar-refractivity contribution in [3.8, 4) is 0 Å². The number of nitrogens with two attached hydrogens (primary N) is 3. The van der Waals surface area contributed by atoms with E-state index in [2.05, 4.69) is 15.1 Å². The fourth-order valence-corrected chi connectivity index (χ4v) is 1.72. The summed E-state index contributed by atoms with van der Waals surface area (Å²) in [4.78, 5) is 19.3. The smallest absolute Gasteiger partial charge is 0.253 e. The van der Waals surface area contributed by atoms with Crippen molar-refractivity contribution >= 4 is 34.9 Å². The number of hydrogen-bond acceptors (Lipinski definition) is 3. The molecule has 0 spiro atoms. The van der Waals surface area contributed by atoms with Crippen LogP contribution < -0.4 is 22.2 Å². The third-order valence-corrected chi connectivity index (χ3v) is 2.50. The summed E-state index contributed by atoms with van der Waals surface area (Å²) in [6, 6.07) is 6.84. The molecule has 0 bridgehead atoms. The number of hydrogen-bond donors (Lipinski definition) is 3. The molecule has 1 aliphatic rings. The van der Waals surface area contributed by atoms with E-state index in [0.717, 1.165) is 5.71 Å². The molecule has 1 aromatic carbocycles. The second-order valence-electron chi connectivity index (χ2n) is 4.24. The number of amides is 1. The molecule has 0 fully saturated rings. The van der Waals surface area contributed by atoms with Gasteiger partial charge in [0.05, 0.1) is 17.8 Å². The van der Waals surface area contributed by atoms with Crippen molar-refractivity contribution in [1.82, 2.24) is 0 Å². The van der Waals surface area contributed by atoms with E-state index in [1.54, 1.807) is 24.3 Å². The normalized spacial score (nSPS) is 15.2. The summed E-state index contributed by atoms with van der Waals surface area (Å²) in [5.74, 6) is -0.252. The fraction of sp³-hybridized carbons (Fsp3) is 0.167. The molecule has 0 unspecified atom stereocenters. The van der Waals surface area contributed by atoms with Crippen LogP contribution in [-0.2, 0) is 4.79 Å². The molecule has 6 N–H and O–H groups in total. The second-order valence-corrected chi connectivity index (χ2v) is 4.24. The zero-order chi connectivity index (χ0) is 14.7. The van der Waals surface area contributed by atoms with E-state index in [1.807, 2.05) is 6.92 Å². The first-order valence-electron chi connectivity index (χ1n) is 5.86. The highest BCUT2D eigenvalue weighted by Crippen LogP contribution is 2.23. The average Bonchev–Trinajstić information content (AvgIpc) is 2.68. The maximum Gasteiger partial charge on any atom is 0.253 e. The van der Waals surface area contributed by atoms with Crippen LogP contribution in [0.15, 0.2) is 39.4 Å². The molecule has 1 heterocycles. The highest BCUT2D eigenvalue weighted by atomic mass is 16.2. The van der Waals surface area contributed by atoms with Gasteiger partial charge in [-0.2, -0.15) is 10.1 Å². The highest BCUT2D eigenvalue weighted by Gasteiger charge is 2.22. The Morgan fingerprint density at radius 2 is 1.90 bits per heavy atom. The number of guanidine groups is 2. The third-order valence-electron chi connectivity index (χ3n) is 2.50. The molecule has 0 saturated heterocycles. The van der Waals surface area contributed by atoms with Gasteiger partial charge in [0.25, 0.3) is 5.91 Å². The van der Waals surface area contributed by atoms with E-state index < -0.39 is 0 Å². The number of rotatable bonds is 2. The van der Waals surface area contributed by atoms with Crippen molar-refractivity contribution in [3.63, 3.8) is 0 Å². The SMILES string of the molecule is CC1=NN(c2ccc(N=C(N)N=C(N)N)cc2)C(=O)C1. The quantitative estimate of drug-likeness (QED) is 0.516. The summed E-state index contributed by atoms with van der Waals surface area (Å²) in [6.07, 6.45) is 0.345. The Hall–Kier alpha value is -2.90. The predicted octanol–water partition coefficient (Wildman–Crippen LogP) is 0.0188. The molecule has 0 radical (unpaired) electrons. The number of carbonyl (C=O) groups excluding carboxylic acids is 1. The van der Waals surface area contributed by atoms with Gasteiger partial charge in [-0.15, -0.1) is 0 Å². The van der Waals surface area contributed by atoms with Gasteiger partial charge in [0.15, 0.2) is 5.96 Å². The monoisotopic (exact) mass is 273 g/mol. The summed E-state index contributed by atoms with van der Waals surface area (Å²) in [7, 11) is 0. The Bertz CT molecular complexity index is 611. The molecule has 8 nitrogen and oxygen atoms in total. The van der Waals surface area contributed by atoms with Gasteiger partial charge < -0.3 is 17.2 Å². The van der Waals surface area contributed by atoms with Crippen LogP contribution >= 0.6 is 0 Å². The molecule has 1 aliphatic heterocycles. The number of carbonyl (C=O) groups is 1. The maximum absolute atomic E-state index is 11.7. The van der Waals surface area contributed by atoms with Gasteiger partial charge in [-0.25, -0.2) is 10.0 Å². The van der Waals surface area contributed by atoms with Gasteiger partial charge in [-0.1, -0.05) is 0 Å². The Labute approximate surface area is 115 Å². The third kappa shape index (κ3) is 3.10. The maximum atomic E-state index is 11.7. The molecule has 0 aliphatic carbocycles. The minimum absolute atomic E-state index is 0.0381. The van der Waals surface area contributed by atoms with Crippen molar-refractivity contribution in [2.75, 3.05) is 5.01 Å². The van der Waals surface area contributed by atoms with Crippen LogP contribution in [0.1, 0.15) is 13.3 Å². The lowest BCUT2D eigenvalue weighted by molar-refractivity contribution is -0.116. The zero-order valence-corrected chi connectivity index (χ0v) is 10.9. The Kier molecular flexibility index (Phi) is 3.65. The van der Waals surface area contributed by atoms with Crippen LogP contribution in [-0.4, -0.2) is 23.5 Å². The summed E-state index contributed by atoms with van der Waals surface area (Å²) in [5.41, 5.74) is 17.9. The molecule has 0 aromatic heterocycles. The number of nitrogens with zero attached hydrogens (tertiary/aromatic N) is 4. The van der Waals surface area contributed by atoms with Crippen molar-refractivity contribution in [2.24, 2.45) is 32.3 Å². The van der Waals surface area contributed by atoms with Crippen molar-refractivity contribution in [3.05, 3.63) is 24.3 Å². The van der Waals surface area contributed by atoms with E-state index in [4.69, 9.17) is 17.2 Å². The van der Waals surface area contributed by atoms with Crippen molar-refractivity contribution in [1.29, 1.82) is 0 Å². The fourth-order valence-electron chi connectivity index (χ4n) is 1.72. The van der Waals surface area contributed by atoms with Crippen molar-refractivity contribution < 1.29 is 4.79 Å². The Morgan fingerprint density at radius 3 is 2.40 bits per heavy atom. The number of hydrazone groups is 1. The average molecular weight is 273 g/mol. The standard InChI is InChI=1S/C12H15N7O/c1-7-6-10(20)19(18-7)9-4-2-8(3-5-9)16-12(15)17-11(13)14/h2-5H,6H2,1H3,(H6,13,14,15,16,17). The molecule has 104 valence electrons. The first-order valence-corrected chi connectivity index (χ1v) is 5.86. The molecule has 1 aromatic rings. The van der Waals surface area contributed by atoms with Crippen molar-refractivity contribution in [2.45, 2.75) is 13.3 Å². The Morgan fingerprint density at radius 1 is 1.25 bits per heavy atom. The molecular formula is C12H15N7O. The molecule has 0 saturated carbocycles. The van der Waals surface area contributed by atoms with Gasteiger partial charge in [0.1, 0.15) is 0 Å². The predicted molar refractivity (Wildman–Crippen MR) is 78.7 cm³/mol. The summed E-state index contributed by atoms with van der Waals surface area (Å²) >= 11 is 0. The summed E-state index contributed by atoms with van der Waals surface area (Å²) in [6.45, 7) is 1.81. The lowest BCUT2D eigenvalue weighted by atomic mass is 10.2. The van der Waals surface area contributed by atoms with E-state index in [9.17, 15) is 4.79 Å². The van der Waals surface area contributed by atoms with Crippen LogP contribution in [0.2, 0.25) is 0 Å². The van der Waals surface area contributed by atoms with E-state index in [-0.39, 0.29) is 17.8 Å². The minimum atomic E-state index is -0.157. The Balaban J connectivity index is 2.19. The van der Waals surface area contributed by atoms with Crippen LogP contribution in [0, 0.1) is 0 Å². The summed E-state index contributed by atoms with van der Waals surface area (Å²) < 4.78 is 0. The zero-order valence-electron chi connectivity index (χ0n) is 10.9. The van der Waals surface area contributed by atoms with E-state index in [0.29, 0.717) is 17.8 Å². The van der Waals surface area contributed by atoms with Crippen LogP contribution in [0.25, 0.3) is 0 Å². The highest BCUT2D eigenvalue weighted by molar-refractivity contribution is 6.12. The van der Waals surface area contributed by atoms with E-state index in [1.165, 1.54) is 5.01 Å². The largest absolute Gasteiger partial charge is 0.370 e. The van der Waals surface area contributed by atoms with Gasteiger partial charge >= 0.3 is 0 Å². The molecule has 8 heteroatoms. The first-order chi connectivity index (χ1) is 9.45. The number of aliphatic imine (C=N–C) groups is 2. The molecule has 20 heavy (non-hydrogen) atoms. The number of benzene rings is 1. The molecular weight excluding hydrogens is 258 g/mol.